The molecule has 2 aliphatic rings. The topological polar surface area (TPSA) is 29.3 Å². The van der Waals surface area contributed by atoms with Gasteiger partial charge < -0.3 is 10.6 Å². The zero-order valence-corrected chi connectivity index (χ0v) is 14.3. The van der Waals surface area contributed by atoms with Crippen molar-refractivity contribution in [1.29, 1.82) is 0 Å². The number of hydrogen-bond acceptors (Lipinski definition) is 2. The van der Waals surface area contributed by atoms with E-state index in [9.17, 15) is 0 Å². The van der Waals surface area contributed by atoms with Crippen molar-refractivity contribution in [2.24, 2.45) is 11.7 Å². The van der Waals surface area contributed by atoms with Gasteiger partial charge in [0, 0.05) is 24.7 Å². The van der Waals surface area contributed by atoms with Crippen molar-refractivity contribution in [2.45, 2.75) is 32.7 Å². The second-order valence-corrected chi connectivity index (χ2v) is 6.63. The van der Waals surface area contributed by atoms with Crippen LogP contribution in [0, 0.1) is 19.8 Å². The summed E-state index contributed by atoms with van der Waals surface area (Å²) in [5, 5.41) is 0. The molecule has 2 nitrogen and oxygen atoms in total. The van der Waals surface area contributed by atoms with Crippen LogP contribution in [0.4, 0.5) is 0 Å². The van der Waals surface area contributed by atoms with Gasteiger partial charge in [-0.3, -0.25) is 0 Å². The summed E-state index contributed by atoms with van der Waals surface area (Å²) in [5.74, 6) is 0.520. The van der Waals surface area contributed by atoms with Gasteiger partial charge in [0.05, 0.1) is 11.7 Å². The Morgan fingerprint density at radius 1 is 1.22 bits per heavy atom. The second-order valence-electron chi connectivity index (χ2n) is 6.63. The second kappa shape index (κ2) is 6.49. The van der Waals surface area contributed by atoms with E-state index >= 15 is 0 Å². The molecule has 0 radical (unpaired) electrons. The maximum atomic E-state index is 6.41. The van der Waals surface area contributed by atoms with Gasteiger partial charge in [-0.2, -0.15) is 0 Å². The van der Waals surface area contributed by atoms with Crippen LogP contribution in [0.15, 0.2) is 60.4 Å². The minimum absolute atomic E-state index is 0.413. The van der Waals surface area contributed by atoms with E-state index in [4.69, 9.17) is 5.73 Å². The van der Waals surface area contributed by atoms with Crippen LogP contribution in [-0.4, -0.2) is 18.0 Å². The average Bonchev–Trinajstić information content (AvgIpc) is 2.46. The Morgan fingerprint density at radius 3 is 2.52 bits per heavy atom. The Kier molecular flexibility index (Phi) is 4.42. The molecule has 3 rings (SSSR count). The van der Waals surface area contributed by atoms with E-state index in [1.807, 2.05) is 0 Å². The highest BCUT2D eigenvalue weighted by Crippen LogP contribution is 2.34. The predicted molar refractivity (Wildman–Crippen MR) is 98.7 cm³/mol. The Balaban J connectivity index is 1.78. The molecule has 2 heteroatoms. The summed E-state index contributed by atoms with van der Waals surface area (Å²) in [6.45, 7) is 4.24. The van der Waals surface area contributed by atoms with E-state index < -0.39 is 0 Å². The molecule has 120 valence electrons. The number of aryl methyl sites for hydroxylation is 2. The standard InChI is InChI=1S/C21H26N2/c1-15-8-7-9-16(2)21(15)19(22)14-23(3)20-13-12-18(20)17-10-5-4-6-11-17/h4-5,7-10,12-14,18,20H,6,11,22H2,1-3H3/b19-14-. The van der Waals surface area contributed by atoms with Crippen molar-refractivity contribution in [3.63, 3.8) is 0 Å². The lowest BCUT2D eigenvalue weighted by molar-refractivity contribution is 0.310. The first-order valence-corrected chi connectivity index (χ1v) is 8.37. The van der Waals surface area contributed by atoms with Crippen molar-refractivity contribution >= 4 is 5.70 Å². The van der Waals surface area contributed by atoms with Crippen LogP contribution in [0.1, 0.15) is 29.5 Å². The van der Waals surface area contributed by atoms with Crippen LogP contribution < -0.4 is 5.73 Å². The third-order valence-corrected chi connectivity index (χ3v) is 4.94. The Hall–Kier alpha value is -2.22. The highest BCUT2D eigenvalue weighted by molar-refractivity contribution is 5.68. The molecule has 0 aromatic heterocycles. The maximum Gasteiger partial charge on any atom is 0.0565 e. The largest absolute Gasteiger partial charge is 0.397 e. The Bertz CT molecular complexity index is 686. The van der Waals surface area contributed by atoms with Crippen LogP contribution in [0.25, 0.3) is 5.70 Å². The zero-order valence-electron chi connectivity index (χ0n) is 14.3. The third-order valence-electron chi connectivity index (χ3n) is 4.94. The van der Waals surface area contributed by atoms with Crippen LogP contribution in [0.3, 0.4) is 0 Å². The quantitative estimate of drug-likeness (QED) is 0.839. The monoisotopic (exact) mass is 306 g/mol. The molecule has 2 unspecified atom stereocenters. The molecule has 0 saturated carbocycles. The predicted octanol–water partition coefficient (Wildman–Crippen LogP) is 4.32. The molecule has 0 spiro atoms. The lowest BCUT2D eigenvalue weighted by Gasteiger charge is -2.38. The summed E-state index contributed by atoms with van der Waals surface area (Å²) >= 11 is 0. The number of nitrogens with zero attached hydrogens (tertiary/aromatic N) is 1. The number of nitrogens with two attached hydrogens (primary N) is 1. The molecule has 1 aromatic rings. The number of benzene rings is 1. The third kappa shape index (κ3) is 3.12. The molecule has 0 bridgehead atoms. The molecule has 0 aliphatic heterocycles. The molecule has 0 heterocycles. The summed E-state index contributed by atoms with van der Waals surface area (Å²) in [6.07, 6.45) is 15.7. The van der Waals surface area contributed by atoms with E-state index in [1.165, 1.54) is 28.7 Å². The van der Waals surface area contributed by atoms with Crippen LogP contribution >= 0.6 is 0 Å². The van der Waals surface area contributed by atoms with Crippen LogP contribution in [0.5, 0.6) is 0 Å². The summed E-state index contributed by atoms with van der Waals surface area (Å²) in [5.41, 5.74) is 12.4. The highest BCUT2D eigenvalue weighted by atomic mass is 15.1. The fourth-order valence-electron chi connectivity index (χ4n) is 3.59. The molecule has 2 aliphatic carbocycles. The lowest BCUT2D eigenvalue weighted by Crippen LogP contribution is -2.39. The van der Waals surface area contributed by atoms with Crippen molar-refractivity contribution in [3.05, 3.63) is 77.0 Å². The molecule has 1 aromatic carbocycles. The minimum atomic E-state index is 0.413. The summed E-state index contributed by atoms with van der Waals surface area (Å²) in [6, 6.07) is 6.73. The van der Waals surface area contributed by atoms with Crippen molar-refractivity contribution in [2.75, 3.05) is 7.05 Å². The van der Waals surface area contributed by atoms with Gasteiger partial charge in [-0.25, -0.2) is 0 Å². The lowest BCUT2D eigenvalue weighted by atomic mass is 9.79. The first kappa shape index (κ1) is 15.7. The Morgan fingerprint density at radius 2 is 1.96 bits per heavy atom. The minimum Gasteiger partial charge on any atom is -0.397 e. The molecular weight excluding hydrogens is 280 g/mol. The molecule has 0 saturated heterocycles. The first-order chi connectivity index (χ1) is 11.1. The van der Waals surface area contributed by atoms with Crippen molar-refractivity contribution in [1.82, 2.24) is 4.90 Å². The molecule has 2 atom stereocenters. The van der Waals surface area contributed by atoms with Crippen LogP contribution in [0.2, 0.25) is 0 Å². The van der Waals surface area contributed by atoms with E-state index in [0.717, 1.165) is 12.1 Å². The summed E-state index contributed by atoms with van der Waals surface area (Å²) in [4.78, 5) is 2.26. The molecular formula is C21H26N2. The van der Waals surface area contributed by atoms with Crippen molar-refractivity contribution < 1.29 is 0 Å². The first-order valence-electron chi connectivity index (χ1n) is 8.37. The fraction of sp³-hybridized carbons (Fsp3) is 0.333. The van der Waals surface area contributed by atoms with Gasteiger partial charge >= 0.3 is 0 Å². The average molecular weight is 306 g/mol. The van der Waals surface area contributed by atoms with Crippen LogP contribution in [-0.2, 0) is 0 Å². The van der Waals surface area contributed by atoms with Gasteiger partial charge in [-0.15, -0.1) is 0 Å². The summed E-state index contributed by atoms with van der Waals surface area (Å²) in [7, 11) is 2.13. The van der Waals surface area contributed by atoms with Gasteiger partial charge in [0.1, 0.15) is 0 Å². The number of likely N-dealkylation sites (N-methyl/N-ethyl adjacent to an activating group) is 1. The molecule has 2 N–H and O–H groups in total. The molecule has 0 fully saturated rings. The van der Waals surface area contributed by atoms with E-state index in [1.54, 1.807) is 0 Å². The maximum absolute atomic E-state index is 6.41. The molecule has 0 amide bonds. The number of hydrogen-bond donors (Lipinski definition) is 1. The van der Waals surface area contributed by atoms with Gasteiger partial charge in [0.25, 0.3) is 0 Å². The van der Waals surface area contributed by atoms with Gasteiger partial charge in [-0.05, 0) is 37.8 Å². The fourth-order valence-corrected chi connectivity index (χ4v) is 3.59. The highest BCUT2D eigenvalue weighted by Gasteiger charge is 2.29. The number of rotatable bonds is 4. The van der Waals surface area contributed by atoms with Gasteiger partial charge in [0.15, 0.2) is 0 Å². The van der Waals surface area contributed by atoms with Gasteiger partial charge in [-0.1, -0.05) is 54.2 Å². The normalized spacial score (nSPS) is 23.4. The van der Waals surface area contributed by atoms with E-state index in [-0.39, 0.29) is 0 Å². The SMILES string of the molecule is Cc1cccc(C)c1/C(N)=C/N(C)C1C=CC1C1=CC=CCC1. The number of allylic oxidation sites excluding steroid dienone is 3. The Labute approximate surface area is 139 Å². The van der Waals surface area contributed by atoms with E-state index in [0.29, 0.717) is 12.0 Å². The summed E-state index contributed by atoms with van der Waals surface area (Å²) < 4.78 is 0. The smallest absolute Gasteiger partial charge is 0.0565 e. The van der Waals surface area contributed by atoms with E-state index in [2.05, 4.69) is 80.6 Å². The van der Waals surface area contributed by atoms with Crippen molar-refractivity contribution in [3.8, 4) is 0 Å². The van der Waals surface area contributed by atoms with Gasteiger partial charge in [0.2, 0.25) is 0 Å². The molecule has 23 heavy (non-hydrogen) atoms. The zero-order chi connectivity index (χ0) is 16.4.